The second kappa shape index (κ2) is 14.2. The van der Waals surface area contributed by atoms with Crippen LogP contribution < -0.4 is 29.3 Å². The van der Waals surface area contributed by atoms with Gasteiger partial charge in [-0.25, -0.2) is 0 Å². The zero-order valence-electron chi connectivity index (χ0n) is 8.61. The van der Waals surface area contributed by atoms with E-state index in [0.717, 1.165) is 0 Å². The van der Waals surface area contributed by atoms with E-state index >= 15 is 0 Å². The summed E-state index contributed by atoms with van der Waals surface area (Å²) in [6.45, 7) is 7.21. The predicted octanol–water partition coefficient (Wildman–Crippen LogP) is -1.07. The van der Waals surface area contributed by atoms with Crippen LogP contribution in [0.1, 0.15) is 52.4 Å². The molecule has 0 bridgehead atoms. The molecule has 0 radical (unpaired) electrons. The number of quaternary nitrogens is 1. The normalized spacial score (nSPS) is 9.50. The molecule has 1 nitrogen and oxygen atoms in total. The van der Waals surface area contributed by atoms with Gasteiger partial charge in [0.2, 0.25) is 0 Å². The summed E-state index contributed by atoms with van der Waals surface area (Å²) in [5, 5.41) is 2.46. The fourth-order valence-corrected chi connectivity index (χ4v) is 1.22. The summed E-state index contributed by atoms with van der Waals surface area (Å²) < 4.78 is 0. The standard InChI is InChI=1S/C10H23N.HI/c1-3-5-7-9-11-10-8-6-4-2;/h11H,3-10H2,1-2H3;1H. The van der Waals surface area contributed by atoms with Gasteiger partial charge in [0.1, 0.15) is 0 Å². The van der Waals surface area contributed by atoms with E-state index < -0.39 is 0 Å². The maximum Gasteiger partial charge on any atom is 0.0755 e. The number of unbranched alkanes of at least 4 members (excludes halogenated alkanes) is 4. The zero-order valence-corrected chi connectivity index (χ0v) is 10.8. The van der Waals surface area contributed by atoms with Crippen molar-refractivity contribution in [2.24, 2.45) is 0 Å². The topological polar surface area (TPSA) is 16.6 Å². The molecule has 0 saturated carbocycles. The van der Waals surface area contributed by atoms with Gasteiger partial charge in [-0.2, -0.15) is 0 Å². The fraction of sp³-hybridized carbons (Fsp3) is 1.00. The molecule has 0 aliphatic rings. The van der Waals surface area contributed by atoms with E-state index in [4.69, 9.17) is 0 Å². The molecule has 0 unspecified atom stereocenters. The molecule has 12 heavy (non-hydrogen) atoms. The summed E-state index contributed by atoms with van der Waals surface area (Å²) in [6, 6.07) is 0. The zero-order chi connectivity index (χ0) is 8.36. The maximum atomic E-state index is 2.46. The first-order chi connectivity index (χ1) is 5.41. The Morgan fingerprint density at radius 2 is 1.17 bits per heavy atom. The third kappa shape index (κ3) is 13.3. The Balaban J connectivity index is 0. The molecule has 0 fully saturated rings. The van der Waals surface area contributed by atoms with Gasteiger partial charge in [-0.05, 0) is 25.7 Å². The van der Waals surface area contributed by atoms with E-state index in [1.807, 2.05) is 0 Å². The average molecular weight is 285 g/mol. The minimum atomic E-state index is 0. The molecule has 0 amide bonds. The summed E-state index contributed by atoms with van der Waals surface area (Å²) in [7, 11) is 0. The monoisotopic (exact) mass is 285 g/mol. The lowest BCUT2D eigenvalue weighted by Crippen LogP contribution is -3.00. The van der Waals surface area contributed by atoms with Crippen molar-refractivity contribution in [2.75, 3.05) is 13.1 Å². The van der Waals surface area contributed by atoms with Crippen LogP contribution in [0.2, 0.25) is 0 Å². The van der Waals surface area contributed by atoms with Crippen LogP contribution in [-0.2, 0) is 0 Å². The third-order valence-electron chi connectivity index (χ3n) is 2.02. The molecule has 0 saturated heterocycles. The van der Waals surface area contributed by atoms with E-state index in [2.05, 4.69) is 19.2 Å². The van der Waals surface area contributed by atoms with Crippen molar-refractivity contribution in [3.8, 4) is 0 Å². The molecule has 0 aromatic heterocycles. The Bertz CT molecular complexity index is 58.9. The fourth-order valence-electron chi connectivity index (χ4n) is 1.22. The van der Waals surface area contributed by atoms with Crippen molar-refractivity contribution >= 4 is 0 Å². The maximum absolute atomic E-state index is 2.46. The van der Waals surface area contributed by atoms with Crippen LogP contribution in [0.3, 0.4) is 0 Å². The lowest BCUT2D eigenvalue weighted by molar-refractivity contribution is -0.655. The smallest absolute Gasteiger partial charge is 0.0755 e. The average Bonchev–Trinajstić information content (AvgIpc) is 2.03. The second-order valence-corrected chi connectivity index (χ2v) is 3.28. The molecule has 0 heterocycles. The second-order valence-electron chi connectivity index (χ2n) is 3.28. The van der Waals surface area contributed by atoms with E-state index in [-0.39, 0.29) is 24.0 Å². The van der Waals surface area contributed by atoms with Crippen molar-refractivity contribution in [3.05, 3.63) is 0 Å². The van der Waals surface area contributed by atoms with Gasteiger partial charge in [0.25, 0.3) is 0 Å². The SMILES string of the molecule is CCCCC[NH2+]CCCCC.[I-]. The van der Waals surface area contributed by atoms with Crippen molar-refractivity contribution in [2.45, 2.75) is 52.4 Å². The molecule has 0 rings (SSSR count). The third-order valence-corrected chi connectivity index (χ3v) is 2.02. The largest absolute Gasteiger partial charge is 1.00 e. The van der Waals surface area contributed by atoms with Crippen LogP contribution in [0.4, 0.5) is 0 Å². The first kappa shape index (κ1) is 15.2. The van der Waals surface area contributed by atoms with E-state index in [0.29, 0.717) is 0 Å². The van der Waals surface area contributed by atoms with Gasteiger partial charge in [0.15, 0.2) is 0 Å². The Morgan fingerprint density at radius 1 is 0.750 bits per heavy atom. The van der Waals surface area contributed by atoms with Gasteiger partial charge in [-0.1, -0.05) is 26.7 Å². The van der Waals surface area contributed by atoms with Crippen LogP contribution in [0.5, 0.6) is 0 Å². The quantitative estimate of drug-likeness (QED) is 0.432. The van der Waals surface area contributed by atoms with Crippen LogP contribution in [0.25, 0.3) is 0 Å². The molecule has 0 aliphatic heterocycles. The number of rotatable bonds is 8. The minimum Gasteiger partial charge on any atom is -1.00 e. The van der Waals surface area contributed by atoms with E-state index in [1.165, 1.54) is 51.6 Å². The van der Waals surface area contributed by atoms with Crippen molar-refractivity contribution in [1.82, 2.24) is 0 Å². The molecule has 0 atom stereocenters. The van der Waals surface area contributed by atoms with Gasteiger partial charge in [0, 0.05) is 0 Å². The summed E-state index contributed by atoms with van der Waals surface area (Å²) in [5.41, 5.74) is 0. The highest BCUT2D eigenvalue weighted by Gasteiger charge is 1.90. The van der Waals surface area contributed by atoms with Gasteiger partial charge in [-0.15, -0.1) is 0 Å². The Labute approximate surface area is 94.7 Å². The van der Waals surface area contributed by atoms with Crippen LogP contribution in [0, 0.1) is 0 Å². The number of hydrogen-bond acceptors (Lipinski definition) is 0. The van der Waals surface area contributed by atoms with Crippen LogP contribution in [-0.4, -0.2) is 13.1 Å². The molecular formula is C10H24IN. The predicted molar refractivity (Wildman–Crippen MR) is 50.7 cm³/mol. The van der Waals surface area contributed by atoms with Crippen LogP contribution in [0.15, 0.2) is 0 Å². The number of halogens is 1. The van der Waals surface area contributed by atoms with Crippen molar-refractivity contribution in [3.63, 3.8) is 0 Å². The summed E-state index contributed by atoms with van der Waals surface area (Å²) in [6.07, 6.45) is 8.32. The van der Waals surface area contributed by atoms with Gasteiger partial charge in [-0.3, -0.25) is 0 Å². The van der Waals surface area contributed by atoms with Crippen LogP contribution >= 0.6 is 0 Å². The highest BCUT2D eigenvalue weighted by Crippen LogP contribution is 1.90. The summed E-state index contributed by atoms with van der Waals surface area (Å²) in [5.74, 6) is 0. The lowest BCUT2D eigenvalue weighted by atomic mass is 10.2. The minimum absolute atomic E-state index is 0. The molecule has 0 spiro atoms. The molecular weight excluding hydrogens is 261 g/mol. The van der Waals surface area contributed by atoms with Crippen molar-refractivity contribution in [1.29, 1.82) is 0 Å². The first-order valence-electron chi connectivity index (χ1n) is 5.23. The van der Waals surface area contributed by atoms with E-state index in [9.17, 15) is 0 Å². The Morgan fingerprint density at radius 3 is 1.50 bits per heavy atom. The lowest BCUT2D eigenvalue weighted by Gasteiger charge is -1.99. The Kier molecular flexibility index (Phi) is 18.0. The molecule has 0 aliphatic carbocycles. The first-order valence-corrected chi connectivity index (χ1v) is 5.23. The molecule has 0 aromatic rings. The van der Waals surface area contributed by atoms with Crippen molar-refractivity contribution < 1.29 is 29.3 Å². The van der Waals surface area contributed by atoms with Gasteiger partial charge in [0.05, 0.1) is 13.1 Å². The van der Waals surface area contributed by atoms with Gasteiger partial charge < -0.3 is 29.3 Å². The van der Waals surface area contributed by atoms with E-state index in [1.54, 1.807) is 0 Å². The van der Waals surface area contributed by atoms with Gasteiger partial charge >= 0.3 is 0 Å². The number of hydrogen-bond donors (Lipinski definition) is 1. The summed E-state index contributed by atoms with van der Waals surface area (Å²) >= 11 is 0. The number of nitrogens with two attached hydrogens (primary N) is 1. The molecule has 0 aromatic carbocycles. The molecule has 76 valence electrons. The summed E-state index contributed by atoms with van der Waals surface area (Å²) in [4.78, 5) is 0. The highest BCUT2D eigenvalue weighted by atomic mass is 127. The Hall–Kier alpha value is 0.690. The molecule has 2 N–H and O–H groups in total. The molecule has 2 heteroatoms. The highest BCUT2D eigenvalue weighted by molar-refractivity contribution is 4.34.